The van der Waals surface area contributed by atoms with Gasteiger partial charge in [0.15, 0.2) is 29.0 Å². The predicted octanol–water partition coefficient (Wildman–Crippen LogP) is 5.94. The monoisotopic (exact) mass is 390 g/mol. The molecule has 9 heteroatoms. The topological polar surface area (TPSA) is 49.1 Å². The number of rotatable bonds is 4. The zero-order valence-corrected chi connectivity index (χ0v) is 14.0. The molecule has 0 aliphatic carbocycles. The Morgan fingerprint density at radius 3 is 1.71 bits per heavy atom. The third-order valence-electron chi connectivity index (χ3n) is 3.53. The van der Waals surface area contributed by atoms with Crippen LogP contribution in [0.4, 0.5) is 33.3 Å². The Kier molecular flexibility index (Phi) is 5.73. The largest absolute Gasteiger partial charge is 0.276 e. The molecule has 0 saturated heterocycles. The molecule has 0 heterocycles. The van der Waals surface area contributed by atoms with Gasteiger partial charge in [0.05, 0.1) is 5.69 Å². The Bertz CT molecular complexity index is 1010. The smallest absolute Gasteiger partial charge is 0.201 e. The molecule has 0 fully saturated rings. The Morgan fingerprint density at radius 1 is 0.643 bits per heavy atom. The van der Waals surface area contributed by atoms with Crippen molar-refractivity contribution in [2.24, 2.45) is 15.3 Å². The highest BCUT2D eigenvalue weighted by atomic mass is 19.2. The first-order valence-electron chi connectivity index (χ1n) is 7.86. The van der Waals surface area contributed by atoms with Crippen LogP contribution in [0.5, 0.6) is 0 Å². The standard InChI is InChI=1S/C19H11F5N4/c20-13-14(21)16(23)18(17(24)15(13)22)26-28-19(11-7-3-1-4-8-11)27-25-12-9-5-2-6-10-12/h1-10,25H/b27-19+,28-26?. The van der Waals surface area contributed by atoms with Crippen molar-refractivity contribution in [3.8, 4) is 0 Å². The summed E-state index contributed by atoms with van der Waals surface area (Å²) < 4.78 is 67.3. The summed E-state index contributed by atoms with van der Waals surface area (Å²) in [6, 6.07) is 16.9. The SMILES string of the molecule is Fc1c(F)c(F)c(N=N/C(=N/Nc2ccccc2)c2ccccc2)c(F)c1F. The molecule has 0 radical (unpaired) electrons. The van der Waals surface area contributed by atoms with Gasteiger partial charge in [-0.25, -0.2) is 22.0 Å². The maximum atomic E-state index is 13.8. The normalized spacial score (nSPS) is 11.8. The van der Waals surface area contributed by atoms with Crippen molar-refractivity contribution in [2.45, 2.75) is 0 Å². The molecule has 0 atom stereocenters. The quantitative estimate of drug-likeness (QED) is 0.112. The number of azo groups is 1. The summed E-state index contributed by atoms with van der Waals surface area (Å²) in [4.78, 5) is 0. The van der Waals surface area contributed by atoms with Crippen molar-refractivity contribution in [2.75, 3.05) is 5.43 Å². The Labute approximate surface area is 156 Å². The second-order valence-corrected chi connectivity index (χ2v) is 5.40. The highest BCUT2D eigenvalue weighted by molar-refractivity contribution is 5.99. The molecule has 28 heavy (non-hydrogen) atoms. The number of nitrogens with one attached hydrogen (secondary N) is 1. The van der Waals surface area contributed by atoms with Crippen LogP contribution in [0.2, 0.25) is 0 Å². The molecular formula is C19H11F5N4. The molecule has 3 aromatic rings. The molecule has 1 N–H and O–H groups in total. The Balaban J connectivity index is 2.01. The Hall–Kier alpha value is -3.62. The van der Waals surface area contributed by atoms with Crippen LogP contribution in [0.1, 0.15) is 5.56 Å². The molecule has 3 aromatic carbocycles. The number of hydrogen-bond donors (Lipinski definition) is 1. The van der Waals surface area contributed by atoms with Gasteiger partial charge in [-0.2, -0.15) is 5.10 Å². The second kappa shape index (κ2) is 8.38. The highest BCUT2D eigenvalue weighted by Gasteiger charge is 2.26. The van der Waals surface area contributed by atoms with Crippen LogP contribution < -0.4 is 5.43 Å². The average molecular weight is 390 g/mol. The molecule has 142 valence electrons. The summed E-state index contributed by atoms with van der Waals surface area (Å²) in [7, 11) is 0. The summed E-state index contributed by atoms with van der Waals surface area (Å²) in [5.74, 6) is -10.8. The summed E-state index contributed by atoms with van der Waals surface area (Å²) in [6.45, 7) is 0. The molecule has 0 saturated carbocycles. The molecule has 4 nitrogen and oxygen atoms in total. The van der Waals surface area contributed by atoms with E-state index in [0.29, 0.717) is 11.3 Å². The van der Waals surface area contributed by atoms with Crippen molar-refractivity contribution in [1.29, 1.82) is 0 Å². The van der Waals surface area contributed by atoms with Gasteiger partial charge in [0.25, 0.3) is 0 Å². The van der Waals surface area contributed by atoms with Gasteiger partial charge in [-0.3, -0.25) is 5.43 Å². The van der Waals surface area contributed by atoms with Crippen molar-refractivity contribution in [3.63, 3.8) is 0 Å². The van der Waals surface area contributed by atoms with Gasteiger partial charge in [0.1, 0.15) is 0 Å². The first-order chi connectivity index (χ1) is 13.5. The number of halogens is 5. The number of para-hydroxylation sites is 1. The van der Waals surface area contributed by atoms with Crippen LogP contribution in [-0.4, -0.2) is 5.84 Å². The molecule has 0 aromatic heterocycles. The number of amidine groups is 1. The summed E-state index contributed by atoms with van der Waals surface area (Å²) >= 11 is 0. The lowest BCUT2D eigenvalue weighted by Gasteiger charge is -2.05. The van der Waals surface area contributed by atoms with E-state index in [1.807, 2.05) is 0 Å². The first kappa shape index (κ1) is 19.2. The van der Waals surface area contributed by atoms with Gasteiger partial charge in [-0.1, -0.05) is 48.5 Å². The minimum Gasteiger partial charge on any atom is -0.276 e. The lowest BCUT2D eigenvalue weighted by atomic mass is 10.2. The lowest BCUT2D eigenvalue weighted by molar-refractivity contribution is 0.380. The van der Waals surface area contributed by atoms with Crippen molar-refractivity contribution in [3.05, 3.63) is 95.3 Å². The number of benzene rings is 3. The van der Waals surface area contributed by atoms with E-state index >= 15 is 0 Å². The number of nitrogens with zero attached hydrogens (tertiary/aromatic N) is 3. The fourth-order valence-corrected chi connectivity index (χ4v) is 2.14. The van der Waals surface area contributed by atoms with Crippen molar-refractivity contribution < 1.29 is 22.0 Å². The van der Waals surface area contributed by atoms with Crippen molar-refractivity contribution in [1.82, 2.24) is 0 Å². The van der Waals surface area contributed by atoms with Crippen LogP contribution in [0.15, 0.2) is 76.0 Å². The molecular weight excluding hydrogens is 379 g/mol. The van der Waals surface area contributed by atoms with E-state index < -0.39 is 34.8 Å². The maximum Gasteiger partial charge on any atom is 0.201 e. The minimum absolute atomic E-state index is 0.131. The summed E-state index contributed by atoms with van der Waals surface area (Å²) in [5.41, 5.74) is 2.26. The fourth-order valence-electron chi connectivity index (χ4n) is 2.14. The summed E-state index contributed by atoms with van der Waals surface area (Å²) in [5, 5.41) is 10.8. The molecule has 0 aliphatic heterocycles. The van der Waals surface area contributed by atoms with Gasteiger partial charge < -0.3 is 0 Å². The zero-order chi connectivity index (χ0) is 20.1. The molecule has 0 bridgehead atoms. The van der Waals surface area contributed by atoms with Crippen LogP contribution in [0.3, 0.4) is 0 Å². The minimum atomic E-state index is -2.27. The average Bonchev–Trinajstić information content (AvgIpc) is 2.74. The number of hydrazone groups is 1. The van der Waals surface area contributed by atoms with Crippen LogP contribution in [0, 0.1) is 29.1 Å². The van der Waals surface area contributed by atoms with Gasteiger partial charge in [-0.15, -0.1) is 10.2 Å². The number of hydrogen-bond acceptors (Lipinski definition) is 3. The van der Waals surface area contributed by atoms with E-state index in [9.17, 15) is 22.0 Å². The zero-order valence-electron chi connectivity index (χ0n) is 14.0. The summed E-state index contributed by atoms with van der Waals surface area (Å²) in [6.07, 6.45) is 0. The van der Waals surface area contributed by atoms with E-state index in [4.69, 9.17) is 0 Å². The van der Waals surface area contributed by atoms with Crippen LogP contribution in [-0.2, 0) is 0 Å². The third-order valence-corrected chi connectivity index (χ3v) is 3.53. The van der Waals surface area contributed by atoms with E-state index in [1.54, 1.807) is 60.7 Å². The fraction of sp³-hybridized carbons (Fsp3) is 0. The molecule has 0 amide bonds. The van der Waals surface area contributed by atoms with E-state index in [-0.39, 0.29) is 5.84 Å². The molecule has 0 unspecified atom stereocenters. The second-order valence-electron chi connectivity index (χ2n) is 5.40. The van der Waals surface area contributed by atoms with Crippen LogP contribution in [0.25, 0.3) is 0 Å². The maximum absolute atomic E-state index is 13.8. The molecule has 3 rings (SSSR count). The highest BCUT2D eigenvalue weighted by Crippen LogP contribution is 2.29. The molecule has 0 aliphatic rings. The van der Waals surface area contributed by atoms with Crippen LogP contribution >= 0.6 is 0 Å². The predicted molar refractivity (Wildman–Crippen MR) is 93.8 cm³/mol. The third kappa shape index (κ3) is 4.03. The van der Waals surface area contributed by atoms with E-state index in [1.165, 1.54) is 0 Å². The van der Waals surface area contributed by atoms with Crippen molar-refractivity contribution >= 4 is 17.2 Å². The lowest BCUT2D eigenvalue weighted by Crippen LogP contribution is -2.03. The van der Waals surface area contributed by atoms with Gasteiger partial charge in [-0.05, 0) is 12.1 Å². The van der Waals surface area contributed by atoms with Gasteiger partial charge in [0.2, 0.25) is 11.7 Å². The van der Waals surface area contributed by atoms with Gasteiger partial charge in [0, 0.05) is 5.56 Å². The number of anilines is 1. The van der Waals surface area contributed by atoms with E-state index in [2.05, 4.69) is 20.8 Å². The Morgan fingerprint density at radius 2 is 1.14 bits per heavy atom. The first-order valence-corrected chi connectivity index (χ1v) is 7.86. The van der Waals surface area contributed by atoms with E-state index in [0.717, 1.165) is 0 Å². The molecule has 0 spiro atoms. The van der Waals surface area contributed by atoms with Gasteiger partial charge >= 0.3 is 0 Å².